The maximum atomic E-state index is 13.8. The molecule has 24 heavy (non-hydrogen) atoms. The summed E-state index contributed by atoms with van der Waals surface area (Å²) in [4.78, 5) is 12.2. The minimum atomic E-state index is -0.666. The molecule has 2 aromatic rings. The number of carbonyl (C=O) groups excluding carboxylic acids is 1. The van der Waals surface area contributed by atoms with Gasteiger partial charge in [0.2, 0.25) is 0 Å². The minimum Gasteiger partial charge on any atom is -0.495 e. The number of ether oxygens (including phenoxy) is 1. The Morgan fingerprint density at radius 3 is 2.71 bits per heavy atom. The lowest BCUT2D eigenvalue weighted by Crippen LogP contribution is -2.13. The smallest absolute Gasteiger partial charge is 0.266 e. The lowest BCUT2D eigenvalue weighted by molar-refractivity contribution is -0.112. The quantitative estimate of drug-likeness (QED) is 0.583. The Balaban J connectivity index is 2.24. The summed E-state index contributed by atoms with van der Waals surface area (Å²) in [5.74, 6) is -0.749. The third-order valence-corrected chi connectivity index (χ3v) is 3.83. The molecule has 4 nitrogen and oxygen atoms in total. The molecule has 0 aliphatic heterocycles. The van der Waals surface area contributed by atoms with Gasteiger partial charge in [0, 0.05) is 15.7 Å². The maximum absolute atomic E-state index is 13.8. The molecule has 122 valence electrons. The maximum Gasteiger partial charge on any atom is 0.266 e. The summed E-state index contributed by atoms with van der Waals surface area (Å²) in [5.41, 5.74) is 0.295. The molecule has 0 heterocycles. The third-order valence-electron chi connectivity index (χ3n) is 3.04. The molecule has 0 saturated carbocycles. The lowest BCUT2D eigenvalue weighted by atomic mass is 10.1. The number of amides is 1. The van der Waals surface area contributed by atoms with Crippen LogP contribution in [0.5, 0.6) is 5.75 Å². The van der Waals surface area contributed by atoms with Gasteiger partial charge in [0.05, 0.1) is 12.1 Å². The number of nitrogens with one attached hydrogen (secondary N) is 1. The van der Waals surface area contributed by atoms with E-state index in [0.29, 0.717) is 20.9 Å². The third kappa shape index (κ3) is 4.34. The molecule has 0 aromatic heterocycles. The summed E-state index contributed by atoms with van der Waals surface area (Å²) < 4.78 is 19.4. The number of halogens is 3. The van der Waals surface area contributed by atoms with Crippen molar-refractivity contribution in [1.29, 1.82) is 5.26 Å². The van der Waals surface area contributed by atoms with Crippen molar-refractivity contribution in [3.63, 3.8) is 0 Å². The van der Waals surface area contributed by atoms with Crippen LogP contribution in [0.2, 0.25) is 5.02 Å². The first-order valence-electron chi connectivity index (χ1n) is 6.66. The van der Waals surface area contributed by atoms with Gasteiger partial charge < -0.3 is 10.1 Å². The number of hydrogen-bond acceptors (Lipinski definition) is 3. The van der Waals surface area contributed by atoms with Crippen LogP contribution in [-0.2, 0) is 4.79 Å². The van der Waals surface area contributed by atoms with E-state index >= 15 is 0 Å². The molecular formula is C17H11BrClFN2O2. The Hall–Kier alpha value is -2.36. The second kappa shape index (κ2) is 7.95. The van der Waals surface area contributed by atoms with Gasteiger partial charge in [-0.1, -0.05) is 33.6 Å². The molecule has 0 aliphatic rings. The number of nitriles is 1. The Morgan fingerprint density at radius 2 is 2.12 bits per heavy atom. The van der Waals surface area contributed by atoms with Gasteiger partial charge in [0.25, 0.3) is 5.91 Å². The zero-order valence-corrected chi connectivity index (χ0v) is 14.8. The summed E-state index contributed by atoms with van der Waals surface area (Å²) in [6.07, 6.45) is 1.18. The van der Waals surface area contributed by atoms with Crippen LogP contribution in [0, 0.1) is 17.1 Å². The SMILES string of the molecule is COc1ccc(NC(=O)/C(C#N)=C/c2ccc(Br)cc2F)cc1Cl. The average molecular weight is 410 g/mol. The zero-order valence-electron chi connectivity index (χ0n) is 12.4. The normalized spacial score (nSPS) is 10.9. The summed E-state index contributed by atoms with van der Waals surface area (Å²) in [6, 6.07) is 10.8. The van der Waals surface area contributed by atoms with E-state index in [1.807, 2.05) is 0 Å². The Kier molecular flexibility index (Phi) is 5.96. The summed E-state index contributed by atoms with van der Waals surface area (Å²) in [6.45, 7) is 0. The average Bonchev–Trinajstić information content (AvgIpc) is 2.54. The number of methoxy groups -OCH3 is 1. The molecule has 7 heteroatoms. The van der Waals surface area contributed by atoms with Crippen LogP contribution in [0.15, 0.2) is 46.4 Å². The van der Waals surface area contributed by atoms with E-state index in [4.69, 9.17) is 21.6 Å². The van der Waals surface area contributed by atoms with Crippen LogP contribution in [0.4, 0.5) is 10.1 Å². The van der Waals surface area contributed by atoms with Crippen molar-refractivity contribution in [1.82, 2.24) is 0 Å². The first-order chi connectivity index (χ1) is 11.4. The number of nitrogens with zero attached hydrogens (tertiary/aromatic N) is 1. The molecule has 0 unspecified atom stereocenters. The highest BCUT2D eigenvalue weighted by Gasteiger charge is 2.12. The standard InChI is InChI=1S/C17H11BrClFN2O2/c1-24-16-5-4-13(8-14(16)19)22-17(23)11(9-21)6-10-2-3-12(18)7-15(10)20/h2-8H,1H3,(H,22,23)/b11-6+. The molecule has 0 spiro atoms. The monoisotopic (exact) mass is 408 g/mol. The van der Waals surface area contributed by atoms with Gasteiger partial charge in [-0.3, -0.25) is 4.79 Å². The summed E-state index contributed by atoms with van der Waals surface area (Å²) in [5, 5.41) is 12.0. The molecule has 0 radical (unpaired) electrons. The van der Waals surface area contributed by atoms with Gasteiger partial charge in [0.1, 0.15) is 23.2 Å². The van der Waals surface area contributed by atoms with Crippen LogP contribution in [0.1, 0.15) is 5.56 Å². The number of rotatable bonds is 4. The fourth-order valence-electron chi connectivity index (χ4n) is 1.87. The fourth-order valence-corrected chi connectivity index (χ4v) is 2.46. The van der Waals surface area contributed by atoms with E-state index in [1.165, 1.54) is 31.4 Å². The highest BCUT2D eigenvalue weighted by Crippen LogP contribution is 2.27. The van der Waals surface area contributed by atoms with E-state index in [9.17, 15) is 9.18 Å². The fraction of sp³-hybridized carbons (Fsp3) is 0.0588. The largest absolute Gasteiger partial charge is 0.495 e. The van der Waals surface area contributed by atoms with Crippen molar-refractivity contribution >= 4 is 45.2 Å². The van der Waals surface area contributed by atoms with Crippen molar-refractivity contribution in [3.8, 4) is 11.8 Å². The number of benzene rings is 2. The van der Waals surface area contributed by atoms with Crippen molar-refractivity contribution < 1.29 is 13.9 Å². The van der Waals surface area contributed by atoms with Crippen molar-refractivity contribution in [2.45, 2.75) is 0 Å². The molecule has 0 atom stereocenters. The van der Waals surface area contributed by atoms with Gasteiger partial charge >= 0.3 is 0 Å². The number of hydrogen-bond donors (Lipinski definition) is 1. The van der Waals surface area contributed by atoms with Crippen LogP contribution in [-0.4, -0.2) is 13.0 Å². The Morgan fingerprint density at radius 1 is 1.38 bits per heavy atom. The predicted octanol–water partition coefficient (Wildman–Crippen LogP) is 4.80. The van der Waals surface area contributed by atoms with E-state index in [2.05, 4.69) is 21.2 Å². The Labute approximate surface area is 151 Å². The van der Waals surface area contributed by atoms with Crippen molar-refractivity contribution in [3.05, 3.63) is 62.8 Å². The first kappa shape index (κ1) is 18.0. The minimum absolute atomic E-state index is 0.137. The molecule has 0 fully saturated rings. The first-order valence-corrected chi connectivity index (χ1v) is 7.83. The van der Waals surface area contributed by atoms with Gasteiger partial charge in [-0.15, -0.1) is 0 Å². The van der Waals surface area contributed by atoms with E-state index in [1.54, 1.807) is 24.3 Å². The van der Waals surface area contributed by atoms with Crippen LogP contribution >= 0.6 is 27.5 Å². The molecule has 2 rings (SSSR count). The molecule has 0 bridgehead atoms. The summed E-state index contributed by atoms with van der Waals surface area (Å²) in [7, 11) is 1.47. The van der Waals surface area contributed by atoms with Gasteiger partial charge in [0.15, 0.2) is 0 Å². The van der Waals surface area contributed by atoms with Crippen molar-refractivity contribution in [2.75, 3.05) is 12.4 Å². The van der Waals surface area contributed by atoms with Gasteiger partial charge in [-0.2, -0.15) is 5.26 Å². The van der Waals surface area contributed by atoms with E-state index < -0.39 is 11.7 Å². The summed E-state index contributed by atoms with van der Waals surface area (Å²) >= 11 is 9.13. The lowest BCUT2D eigenvalue weighted by Gasteiger charge is -2.07. The second-order valence-electron chi connectivity index (χ2n) is 4.64. The molecule has 1 amide bonds. The molecule has 1 N–H and O–H groups in total. The van der Waals surface area contributed by atoms with Crippen LogP contribution < -0.4 is 10.1 Å². The number of anilines is 1. The second-order valence-corrected chi connectivity index (χ2v) is 5.96. The molecule has 0 saturated heterocycles. The predicted molar refractivity (Wildman–Crippen MR) is 94.3 cm³/mol. The Bertz CT molecular complexity index is 862. The zero-order chi connectivity index (χ0) is 17.7. The highest BCUT2D eigenvalue weighted by atomic mass is 79.9. The molecule has 0 aliphatic carbocycles. The van der Waals surface area contributed by atoms with Gasteiger partial charge in [-0.25, -0.2) is 4.39 Å². The van der Waals surface area contributed by atoms with Crippen LogP contribution in [0.25, 0.3) is 6.08 Å². The highest BCUT2D eigenvalue weighted by molar-refractivity contribution is 9.10. The van der Waals surface area contributed by atoms with Crippen molar-refractivity contribution in [2.24, 2.45) is 0 Å². The number of carbonyl (C=O) groups is 1. The molecular weight excluding hydrogens is 399 g/mol. The van der Waals surface area contributed by atoms with Gasteiger partial charge in [-0.05, 0) is 36.4 Å². The molecule has 2 aromatic carbocycles. The van der Waals surface area contributed by atoms with E-state index in [-0.39, 0.29) is 11.1 Å². The topological polar surface area (TPSA) is 62.1 Å². The van der Waals surface area contributed by atoms with Crippen LogP contribution in [0.3, 0.4) is 0 Å². The van der Waals surface area contributed by atoms with E-state index in [0.717, 1.165) is 0 Å².